The molecule has 4 rings (SSSR count). The van der Waals surface area contributed by atoms with Crippen LogP contribution in [0.1, 0.15) is 29.9 Å². The van der Waals surface area contributed by atoms with E-state index in [1.54, 1.807) is 11.9 Å². The Morgan fingerprint density at radius 2 is 1.94 bits per heavy atom. The zero-order chi connectivity index (χ0) is 21.8. The first-order chi connectivity index (χ1) is 15.0. The molecule has 162 valence electrons. The van der Waals surface area contributed by atoms with Crippen molar-refractivity contribution in [3.63, 3.8) is 0 Å². The van der Waals surface area contributed by atoms with Crippen LogP contribution in [0.4, 0.5) is 0 Å². The van der Waals surface area contributed by atoms with Crippen LogP contribution in [0.2, 0.25) is 5.02 Å². The van der Waals surface area contributed by atoms with E-state index in [-0.39, 0.29) is 11.8 Å². The predicted molar refractivity (Wildman–Crippen MR) is 120 cm³/mol. The van der Waals surface area contributed by atoms with Gasteiger partial charge in [-0.25, -0.2) is 0 Å². The first kappa shape index (κ1) is 21.5. The fourth-order valence-electron chi connectivity index (χ4n) is 4.00. The lowest BCUT2D eigenvalue weighted by Gasteiger charge is -2.33. The third-order valence-corrected chi connectivity index (χ3v) is 6.00. The summed E-state index contributed by atoms with van der Waals surface area (Å²) in [5.41, 5.74) is 3.29. The second-order valence-electron chi connectivity index (χ2n) is 8.25. The second kappa shape index (κ2) is 9.62. The van der Waals surface area contributed by atoms with Crippen molar-refractivity contribution in [1.29, 1.82) is 0 Å². The number of rotatable bonds is 6. The van der Waals surface area contributed by atoms with E-state index in [0.29, 0.717) is 18.3 Å². The molecule has 0 aliphatic carbocycles. The van der Waals surface area contributed by atoms with E-state index in [4.69, 9.17) is 16.1 Å². The maximum atomic E-state index is 12.9. The van der Waals surface area contributed by atoms with Gasteiger partial charge in [-0.15, -0.1) is 0 Å². The molecule has 1 aliphatic rings. The normalized spacial score (nSPS) is 15.2. The van der Waals surface area contributed by atoms with Crippen LogP contribution in [0.25, 0.3) is 11.4 Å². The van der Waals surface area contributed by atoms with E-state index in [2.05, 4.69) is 27.2 Å². The molecule has 1 aliphatic heterocycles. The minimum absolute atomic E-state index is 0.0330. The van der Waals surface area contributed by atoms with Gasteiger partial charge in [0.1, 0.15) is 0 Å². The topological polar surface area (TPSA) is 62.5 Å². The minimum Gasteiger partial charge on any atom is -0.337 e. The summed E-state index contributed by atoms with van der Waals surface area (Å²) in [6.45, 7) is 5.05. The van der Waals surface area contributed by atoms with Gasteiger partial charge in [0.2, 0.25) is 17.6 Å². The Labute approximate surface area is 187 Å². The van der Waals surface area contributed by atoms with Crippen molar-refractivity contribution in [2.24, 2.45) is 5.92 Å². The molecule has 1 fully saturated rings. The van der Waals surface area contributed by atoms with Crippen molar-refractivity contribution < 1.29 is 9.32 Å². The van der Waals surface area contributed by atoms with E-state index in [1.165, 1.54) is 5.56 Å². The number of likely N-dealkylation sites (tertiary alicyclic amines) is 1. The molecule has 3 aromatic rings. The average molecular weight is 439 g/mol. The zero-order valence-corrected chi connectivity index (χ0v) is 18.7. The molecule has 2 aromatic carbocycles. The molecule has 2 heterocycles. The van der Waals surface area contributed by atoms with Crippen molar-refractivity contribution >= 4 is 17.5 Å². The highest BCUT2D eigenvalue weighted by Crippen LogP contribution is 2.23. The first-order valence-corrected chi connectivity index (χ1v) is 11.0. The van der Waals surface area contributed by atoms with Crippen molar-refractivity contribution in [1.82, 2.24) is 19.9 Å². The number of aromatic nitrogens is 2. The third-order valence-electron chi connectivity index (χ3n) is 5.75. The summed E-state index contributed by atoms with van der Waals surface area (Å²) in [6.07, 6.45) is 1.71. The molecule has 0 saturated carbocycles. The highest BCUT2D eigenvalue weighted by atomic mass is 35.5. The van der Waals surface area contributed by atoms with Crippen LogP contribution < -0.4 is 0 Å². The number of aryl methyl sites for hydroxylation is 1. The largest absolute Gasteiger partial charge is 0.337 e. The Bertz CT molecular complexity index is 1030. The smallest absolute Gasteiger partial charge is 0.246 e. The number of halogens is 1. The van der Waals surface area contributed by atoms with Gasteiger partial charge in [0.25, 0.3) is 0 Å². The van der Waals surface area contributed by atoms with Crippen LogP contribution in [0.15, 0.2) is 53.1 Å². The van der Waals surface area contributed by atoms with Crippen LogP contribution in [0.3, 0.4) is 0 Å². The molecule has 7 heteroatoms. The van der Waals surface area contributed by atoms with Crippen LogP contribution in [-0.2, 0) is 17.9 Å². The fourth-order valence-corrected chi connectivity index (χ4v) is 4.13. The SMILES string of the molecule is Cc1cccc(-c2noc(CN(C)C(=O)C3CCN(Cc4ccc(Cl)cc4)CC3)n2)c1. The van der Waals surface area contributed by atoms with E-state index >= 15 is 0 Å². The van der Waals surface area contributed by atoms with E-state index in [9.17, 15) is 4.79 Å². The molecule has 0 atom stereocenters. The standard InChI is InChI=1S/C24H27ClN4O2/c1-17-4-3-5-20(14-17)23-26-22(31-27-23)16-28(2)24(30)19-10-12-29(13-11-19)15-18-6-8-21(25)9-7-18/h3-9,14,19H,10-13,15-16H2,1-2H3. The van der Waals surface area contributed by atoms with Crippen LogP contribution in [0, 0.1) is 12.8 Å². The number of benzene rings is 2. The average Bonchev–Trinajstić information content (AvgIpc) is 3.24. The quantitative estimate of drug-likeness (QED) is 0.564. The lowest BCUT2D eigenvalue weighted by atomic mass is 9.95. The zero-order valence-electron chi connectivity index (χ0n) is 17.9. The molecule has 0 spiro atoms. The predicted octanol–water partition coefficient (Wildman–Crippen LogP) is 4.57. The highest BCUT2D eigenvalue weighted by Gasteiger charge is 2.28. The Kier molecular flexibility index (Phi) is 6.68. The molecule has 0 unspecified atom stereocenters. The van der Waals surface area contributed by atoms with Gasteiger partial charge in [0, 0.05) is 30.1 Å². The first-order valence-electron chi connectivity index (χ1n) is 10.6. The number of carbonyl (C=O) groups excluding carboxylic acids is 1. The number of hydrogen-bond donors (Lipinski definition) is 0. The Balaban J connectivity index is 1.28. The van der Waals surface area contributed by atoms with Crippen molar-refractivity contribution in [3.05, 3.63) is 70.6 Å². The highest BCUT2D eigenvalue weighted by molar-refractivity contribution is 6.30. The summed E-state index contributed by atoms with van der Waals surface area (Å²) in [4.78, 5) is 21.5. The number of nitrogens with zero attached hydrogens (tertiary/aromatic N) is 4. The van der Waals surface area contributed by atoms with Gasteiger partial charge in [-0.3, -0.25) is 9.69 Å². The van der Waals surface area contributed by atoms with Crippen LogP contribution >= 0.6 is 11.6 Å². The second-order valence-corrected chi connectivity index (χ2v) is 8.69. The van der Waals surface area contributed by atoms with Crippen molar-refractivity contribution in [2.45, 2.75) is 32.9 Å². The molecule has 6 nitrogen and oxygen atoms in total. The lowest BCUT2D eigenvalue weighted by molar-refractivity contribution is -0.136. The lowest BCUT2D eigenvalue weighted by Crippen LogP contribution is -2.40. The molecule has 0 radical (unpaired) electrons. The van der Waals surface area contributed by atoms with Crippen LogP contribution in [0.5, 0.6) is 0 Å². The molecular weight excluding hydrogens is 412 g/mol. The summed E-state index contributed by atoms with van der Waals surface area (Å²) in [7, 11) is 1.80. The van der Waals surface area contributed by atoms with Gasteiger partial charge >= 0.3 is 0 Å². The number of hydrogen-bond acceptors (Lipinski definition) is 5. The van der Waals surface area contributed by atoms with Gasteiger partial charge in [0.15, 0.2) is 0 Å². The molecule has 0 bridgehead atoms. The van der Waals surface area contributed by atoms with Gasteiger partial charge < -0.3 is 9.42 Å². The minimum atomic E-state index is 0.0330. The van der Waals surface area contributed by atoms with E-state index < -0.39 is 0 Å². The molecule has 1 saturated heterocycles. The third kappa shape index (κ3) is 5.51. The van der Waals surface area contributed by atoms with Crippen LogP contribution in [-0.4, -0.2) is 46.0 Å². The Morgan fingerprint density at radius 3 is 2.65 bits per heavy atom. The van der Waals surface area contributed by atoms with Gasteiger partial charge in [0.05, 0.1) is 6.54 Å². The van der Waals surface area contributed by atoms with Gasteiger partial charge in [-0.2, -0.15) is 4.98 Å². The summed E-state index contributed by atoms with van der Waals surface area (Å²) in [6, 6.07) is 15.9. The molecule has 1 amide bonds. The van der Waals surface area contributed by atoms with Gasteiger partial charge in [-0.05, 0) is 56.6 Å². The maximum Gasteiger partial charge on any atom is 0.246 e. The maximum absolute atomic E-state index is 12.9. The van der Waals surface area contributed by atoms with Gasteiger partial charge in [-0.1, -0.05) is 52.7 Å². The summed E-state index contributed by atoms with van der Waals surface area (Å²) in [5.74, 6) is 1.18. The van der Waals surface area contributed by atoms with E-state index in [1.807, 2.05) is 43.3 Å². The molecule has 31 heavy (non-hydrogen) atoms. The summed E-state index contributed by atoms with van der Waals surface area (Å²) < 4.78 is 5.39. The molecule has 1 aromatic heterocycles. The number of amides is 1. The number of piperidine rings is 1. The monoisotopic (exact) mass is 438 g/mol. The molecule has 0 N–H and O–H groups in total. The van der Waals surface area contributed by atoms with E-state index in [0.717, 1.165) is 48.6 Å². The van der Waals surface area contributed by atoms with Crippen molar-refractivity contribution in [2.75, 3.05) is 20.1 Å². The van der Waals surface area contributed by atoms with Crippen molar-refractivity contribution in [3.8, 4) is 11.4 Å². The Morgan fingerprint density at radius 1 is 1.19 bits per heavy atom. The molecular formula is C24H27ClN4O2. The fraction of sp³-hybridized carbons (Fsp3) is 0.375. The summed E-state index contributed by atoms with van der Waals surface area (Å²) in [5, 5.41) is 4.82. The summed E-state index contributed by atoms with van der Waals surface area (Å²) >= 11 is 5.96. The Hall–Kier alpha value is -2.70. The number of carbonyl (C=O) groups is 1.